The number of aryl methyl sites for hydroxylation is 3. The maximum absolute atomic E-state index is 6.45. The van der Waals surface area contributed by atoms with Gasteiger partial charge in [0.2, 0.25) is 5.95 Å². The molecule has 4 heterocycles. The first-order chi connectivity index (χ1) is 15.0. The van der Waals surface area contributed by atoms with Crippen LogP contribution in [0.2, 0.25) is 5.02 Å². The zero-order valence-corrected chi connectivity index (χ0v) is 18.6. The van der Waals surface area contributed by atoms with Gasteiger partial charge in [0, 0.05) is 65.5 Å². The average Bonchev–Trinajstić information content (AvgIpc) is 3.16. The van der Waals surface area contributed by atoms with E-state index in [4.69, 9.17) is 16.6 Å². The summed E-state index contributed by atoms with van der Waals surface area (Å²) >= 11 is 6.45. The number of halogens is 1. The molecule has 0 saturated carbocycles. The van der Waals surface area contributed by atoms with Crippen molar-refractivity contribution in [3.63, 3.8) is 0 Å². The maximum atomic E-state index is 6.45. The van der Waals surface area contributed by atoms with Crippen molar-refractivity contribution in [1.82, 2.24) is 24.6 Å². The number of benzene rings is 1. The van der Waals surface area contributed by atoms with Crippen molar-refractivity contribution in [2.45, 2.75) is 20.8 Å². The Hall–Kier alpha value is -3.19. The first-order valence-electron chi connectivity index (χ1n) is 10.4. The molecule has 0 amide bonds. The largest absolute Gasteiger partial charge is 0.353 e. The Morgan fingerprint density at radius 1 is 0.774 bits per heavy atom. The Kier molecular flexibility index (Phi) is 4.98. The summed E-state index contributed by atoms with van der Waals surface area (Å²) in [6, 6.07) is 11.9. The Morgan fingerprint density at radius 3 is 2.13 bits per heavy atom. The minimum atomic E-state index is 0.698. The lowest BCUT2D eigenvalue weighted by atomic mass is 10.1. The van der Waals surface area contributed by atoms with E-state index in [1.54, 1.807) is 0 Å². The van der Waals surface area contributed by atoms with E-state index < -0.39 is 0 Å². The second-order valence-electron chi connectivity index (χ2n) is 7.95. The molecule has 5 rings (SSSR count). The second kappa shape index (κ2) is 7.81. The summed E-state index contributed by atoms with van der Waals surface area (Å²) in [5.41, 5.74) is 5.66. The fraction of sp³-hybridized carbons (Fsp3) is 0.304. The Labute approximate surface area is 186 Å². The van der Waals surface area contributed by atoms with Gasteiger partial charge < -0.3 is 9.80 Å². The molecule has 0 atom stereocenters. The second-order valence-corrected chi connectivity index (χ2v) is 8.36. The van der Waals surface area contributed by atoms with Crippen molar-refractivity contribution in [1.29, 1.82) is 0 Å². The summed E-state index contributed by atoms with van der Waals surface area (Å²) in [6.45, 7) is 9.46. The molecule has 7 nitrogen and oxygen atoms in total. The molecule has 0 spiro atoms. The van der Waals surface area contributed by atoms with Gasteiger partial charge in [-0.2, -0.15) is 9.61 Å². The van der Waals surface area contributed by atoms with Gasteiger partial charge in [0.25, 0.3) is 0 Å². The van der Waals surface area contributed by atoms with Gasteiger partial charge in [-0.1, -0.05) is 29.8 Å². The fourth-order valence-corrected chi connectivity index (χ4v) is 4.38. The third kappa shape index (κ3) is 3.70. The zero-order chi connectivity index (χ0) is 21.5. The van der Waals surface area contributed by atoms with Gasteiger partial charge in [-0.3, -0.25) is 0 Å². The van der Waals surface area contributed by atoms with Crippen molar-refractivity contribution in [2.24, 2.45) is 0 Å². The number of hydrogen-bond acceptors (Lipinski definition) is 6. The van der Waals surface area contributed by atoms with Gasteiger partial charge in [-0.15, -0.1) is 0 Å². The molecule has 0 radical (unpaired) electrons. The van der Waals surface area contributed by atoms with E-state index >= 15 is 0 Å². The third-order valence-electron chi connectivity index (χ3n) is 5.60. The minimum Gasteiger partial charge on any atom is -0.353 e. The standard InChI is InChI=1S/C23H24ClN7/c1-15-12-16(2)28-23(27-15)30-10-8-29(9-11-30)21-13-17(3)26-22-19(14-25-31(21)22)18-6-4-5-7-20(18)24/h4-7,12-14H,8-11H2,1-3H3. The molecule has 1 fully saturated rings. The van der Waals surface area contributed by atoms with Crippen molar-refractivity contribution >= 4 is 29.0 Å². The summed E-state index contributed by atoms with van der Waals surface area (Å²) in [7, 11) is 0. The van der Waals surface area contributed by atoms with E-state index in [2.05, 4.69) is 30.9 Å². The van der Waals surface area contributed by atoms with Crippen LogP contribution in [0, 0.1) is 20.8 Å². The van der Waals surface area contributed by atoms with Gasteiger partial charge in [-0.25, -0.2) is 15.0 Å². The first kappa shape index (κ1) is 19.8. The molecular formula is C23H24ClN7. The summed E-state index contributed by atoms with van der Waals surface area (Å²) in [5, 5.41) is 5.37. The van der Waals surface area contributed by atoms with Crippen molar-refractivity contribution in [3.8, 4) is 11.1 Å². The molecule has 4 aromatic rings. The molecule has 0 aliphatic carbocycles. The van der Waals surface area contributed by atoms with Gasteiger partial charge in [0.15, 0.2) is 5.65 Å². The van der Waals surface area contributed by atoms with Crippen LogP contribution in [0.1, 0.15) is 17.1 Å². The van der Waals surface area contributed by atoms with E-state index in [9.17, 15) is 0 Å². The molecule has 8 heteroatoms. The van der Waals surface area contributed by atoms with E-state index in [1.165, 1.54) is 0 Å². The van der Waals surface area contributed by atoms with E-state index in [0.29, 0.717) is 5.02 Å². The lowest BCUT2D eigenvalue weighted by Crippen LogP contribution is -2.47. The molecule has 31 heavy (non-hydrogen) atoms. The van der Waals surface area contributed by atoms with Crippen LogP contribution in [0.5, 0.6) is 0 Å². The van der Waals surface area contributed by atoms with Crippen LogP contribution in [0.4, 0.5) is 11.8 Å². The van der Waals surface area contributed by atoms with Crippen LogP contribution in [-0.2, 0) is 0 Å². The zero-order valence-electron chi connectivity index (χ0n) is 17.9. The highest BCUT2D eigenvalue weighted by molar-refractivity contribution is 6.33. The fourth-order valence-electron chi connectivity index (χ4n) is 4.14. The number of hydrogen-bond donors (Lipinski definition) is 0. The monoisotopic (exact) mass is 433 g/mol. The molecule has 0 N–H and O–H groups in total. The lowest BCUT2D eigenvalue weighted by Gasteiger charge is -2.36. The smallest absolute Gasteiger partial charge is 0.225 e. The SMILES string of the molecule is Cc1cc(C)nc(N2CCN(c3cc(C)nc4c(-c5ccccc5Cl)cnn34)CC2)n1. The highest BCUT2D eigenvalue weighted by atomic mass is 35.5. The number of rotatable bonds is 3. The van der Waals surface area contributed by atoms with Crippen LogP contribution in [0.3, 0.4) is 0 Å². The number of piperazine rings is 1. The normalized spacial score (nSPS) is 14.5. The van der Waals surface area contributed by atoms with Crippen LogP contribution in [-0.4, -0.2) is 50.7 Å². The Bertz CT molecular complexity index is 1240. The van der Waals surface area contributed by atoms with Gasteiger partial charge >= 0.3 is 0 Å². The lowest BCUT2D eigenvalue weighted by molar-refractivity contribution is 0.625. The van der Waals surface area contributed by atoms with E-state index in [0.717, 1.165) is 71.8 Å². The van der Waals surface area contributed by atoms with Crippen LogP contribution in [0.15, 0.2) is 42.6 Å². The van der Waals surface area contributed by atoms with Crippen molar-refractivity contribution in [3.05, 3.63) is 64.7 Å². The third-order valence-corrected chi connectivity index (χ3v) is 5.93. The molecule has 1 aromatic carbocycles. The van der Waals surface area contributed by atoms with Crippen LogP contribution in [0.25, 0.3) is 16.8 Å². The van der Waals surface area contributed by atoms with Gasteiger partial charge in [0.05, 0.1) is 6.20 Å². The maximum Gasteiger partial charge on any atom is 0.225 e. The predicted octanol–water partition coefficient (Wildman–Crippen LogP) is 4.09. The number of aromatic nitrogens is 5. The Morgan fingerprint density at radius 2 is 1.42 bits per heavy atom. The summed E-state index contributed by atoms with van der Waals surface area (Å²) < 4.78 is 1.93. The van der Waals surface area contributed by atoms with E-state index in [1.807, 2.05) is 61.8 Å². The Balaban J connectivity index is 1.46. The molecule has 1 saturated heterocycles. The molecule has 1 aliphatic heterocycles. The van der Waals surface area contributed by atoms with Crippen LogP contribution >= 0.6 is 11.6 Å². The first-order valence-corrected chi connectivity index (χ1v) is 10.8. The van der Waals surface area contributed by atoms with Gasteiger partial charge in [0.1, 0.15) is 5.82 Å². The predicted molar refractivity (Wildman–Crippen MR) is 124 cm³/mol. The van der Waals surface area contributed by atoms with Crippen molar-refractivity contribution < 1.29 is 0 Å². The highest BCUT2D eigenvalue weighted by Gasteiger charge is 2.23. The van der Waals surface area contributed by atoms with Crippen LogP contribution < -0.4 is 9.80 Å². The van der Waals surface area contributed by atoms with Crippen molar-refractivity contribution in [2.75, 3.05) is 36.0 Å². The quantitative estimate of drug-likeness (QED) is 0.485. The number of nitrogens with zero attached hydrogens (tertiary/aromatic N) is 7. The molecule has 1 aliphatic rings. The topological polar surface area (TPSA) is 62.5 Å². The molecule has 3 aromatic heterocycles. The van der Waals surface area contributed by atoms with Gasteiger partial charge in [-0.05, 0) is 32.9 Å². The minimum absolute atomic E-state index is 0.698. The number of anilines is 2. The average molecular weight is 434 g/mol. The summed E-state index contributed by atoms with van der Waals surface area (Å²) in [5.74, 6) is 1.86. The molecule has 0 bridgehead atoms. The van der Waals surface area contributed by atoms with E-state index in [-0.39, 0.29) is 0 Å². The molecular weight excluding hydrogens is 410 g/mol. The molecule has 0 unspecified atom stereocenters. The summed E-state index contributed by atoms with van der Waals surface area (Å²) in [6.07, 6.45) is 1.85. The number of fused-ring (bicyclic) bond motifs is 1. The highest BCUT2D eigenvalue weighted by Crippen LogP contribution is 2.32. The molecule has 158 valence electrons. The summed E-state index contributed by atoms with van der Waals surface area (Å²) in [4.78, 5) is 18.6.